The summed E-state index contributed by atoms with van der Waals surface area (Å²) in [6, 6.07) is 6.57. The molecule has 0 fully saturated rings. The minimum absolute atomic E-state index is 0.0446. The lowest BCUT2D eigenvalue weighted by atomic mass is 10.1. The van der Waals surface area contributed by atoms with Crippen LogP contribution in [0.25, 0.3) is 11.0 Å². The molecule has 0 saturated heterocycles. The van der Waals surface area contributed by atoms with Crippen molar-refractivity contribution in [3.05, 3.63) is 57.5 Å². The number of nitrogens with zero attached hydrogens (tertiary/aromatic N) is 3. The molecule has 0 atom stereocenters. The van der Waals surface area contributed by atoms with Gasteiger partial charge < -0.3 is 4.57 Å². The van der Waals surface area contributed by atoms with Gasteiger partial charge in [0.2, 0.25) is 5.95 Å². The van der Waals surface area contributed by atoms with Gasteiger partial charge >= 0.3 is 0 Å². The maximum atomic E-state index is 12.6. The maximum absolute atomic E-state index is 12.6. The van der Waals surface area contributed by atoms with Crippen LogP contribution in [0.3, 0.4) is 0 Å². The molecule has 1 aliphatic heterocycles. The number of fused-ring (bicyclic) bond motifs is 2. The Labute approximate surface area is 142 Å². The number of carbonyl (C=O) groups is 2. The summed E-state index contributed by atoms with van der Waals surface area (Å²) in [5.41, 5.74) is 2.06. The topological polar surface area (TPSA) is 88.1 Å². The number of imide groups is 1. The summed E-state index contributed by atoms with van der Waals surface area (Å²) in [4.78, 5) is 45.7. The monoisotopic (exact) mass is 336 g/mol. The number of aromatic amines is 1. The van der Waals surface area contributed by atoms with Crippen molar-refractivity contribution in [3.8, 4) is 0 Å². The predicted octanol–water partition coefficient (Wildman–Crippen LogP) is 2.19. The van der Waals surface area contributed by atoms with Crippen LogP contribution in [0.2, 0.25) is 0 Å². The van der Waals surface area contributed by atoms with Crippen LogP contribution in [0.15, 0.2) is 35.3 Å². The lowest BCUT2D eigenvalue weighted by Crippen LogP contribution is -2.33. The SMILES string of the molecule is CC(C)c1cn(C)c2c(=O)[nH]c(N3C(=O)c4ccccc4C3=O)nc12. The highest BCUT2D eigenvalue weighted by atomic mass is 16.2. The summed E-state index contributed by atoms with van der Waals surface area (Å²) in [5.74, 6) is -0.861. The third-order valence-electron chi connectivity index (χ3n) is 4.47. The number of hydrogen-bond donors (Lipinski definition) is 1. The Bertz CT molecular complexity index is 1070. The second kappa shape index (κ2) is 5.14. The molecular formula is C18H16N4O3. The molecule has 4 rings (SSSR count). The van der Waals surface area contributed by atoms with Gasteiger partial charge in [0.05, 0.1) is 11.1 Å². The molecule has 7 heteroatoms. The summed E-state index contributed by atoms with van der Waals surface area (Å²) in [5, 5.41) is 0. The van der Waals surface area contributed by atoms with Crippen molar-refractivity contribution >= 4 is 28.8 Å². The third-order valence-corrected chi connectivity index (χ3v) is 4.47. The van der Waals surface area contributed by atoms with Gasteiger partial charge in [0.25, 0.3) is 17.4 Å². The molecule has 7 nitrogen and oxygen atoms in total. The molecule has 1 aliphatic rings. The number of aromatic nitrogens is 3. The Balaban J connectivity index is 1.95. The highest BCUT2D eigenvalue weighted by molar-refractivity contribution is 6.33. The van der Waals surface area contributed by atoms with Crippen molar-refractivity contribution in [3.63, 3.8) is 0 Å². The second-order valence-electron chi connectivity index (χ2n) is 6.43. The second-order valence-corrected chi connectivity index (χ2v) is 6.43. The molecular weight excluding hydrogens is 320 g/mol. The van der Waals surface area contributed by atoms with E-state index in [-0.39, 0.29) is 17.4 Å². The van der Waals surface area contributed by atoms with E-state index < -0.39 is 11.8 Å². The van der Waals surface area contributed by atoms with Crippen molar-refractivity contribution in [1.82, 2.24) is 14.5 Å². The summed E-state index contributed by atoms with van der Waals surface area (Å²) in [7, 11) is 1.77. The van der Waals surface area contributed by atoms with Crippen LogP contribution in [0.5, 0.6) is 0 Å². The van der Waals surface area contributed by atoms with Crippen LogP contribution in [0.1, 0.15) is 46.0 Å². The molecule has 0 aliphatic carbocycles. The van der Waals surface area contributed by atoms with Crippen LogP contribution >= 0.6 is 0 Å². The summed E-state index contributed by atoms with van der Waals surface area (Å²) >= 11 is 0. The van der Waals surface area contributed by atoms with Crippen molar-refractivity contribution < 1.29 is 9.59 Å². The number of amides is 2. The van der Waals surface area contributed by atoms with E-state index in [0.717, 1.165) is 10.5 Å². The first-order valence-corrected chi connectivity index (χ1v) is 7.97. The van der Waals surface area contributed by atoms with E-state index in [0.29, 0.717) is 22.2 Å². The Hall–Kier alpha value is -3.22. The quantitative estimate of drug-likeness (QED) is 0.727. The van der Waals surface area contributed by atoms with Crippen molar-refractivity contribution in [2.45, 2.75) is 19.8 Å². The fraction of sp³-hybridized carbons (Fsp3) is 0.222. The van der Waals surface area contributed by atoms with Crippen molar-refractivity contribution in [2.75, 3.05) is 4.90 Å². The lowest BCUT2D eigenvalue weighted by Gasteiger charge is -2.12. The molecule has 2 aromatic heterocycles. The molecule has 0 spiro atoms. The minimum Gasteiger partial charge on any atom is -0.344 e. The molecule has 1 N–H and O–H groups in total. The van der Waals surface area contributed by atoms with Crippen LogP contribution in [-0.4, -0.2) is 26.3 Å². The molecule has 3 aromatic rings. The first-order valence-electron chi connectivity index (χ1n) is 7.97. The van der Waals surface area contributed by atoms with Gasteiger partial charge in [0.15, 0.2) is 0 Å². The molecule has 2 amide bonds. The van der Waals surface area contributed by atoms with E-state index in [9.17, 15) is 14.4 Å². The van der Waals surface area contributed by atoms with E-state index in [1.54, 1.807) is 35.9 Å². The molecule has 1 aromatic carbocycles. The van der Waals surface area contributed by atoms with Gasteiger partial charge in [-0.15, -0.1) is 0 Å². The normalized spacial score (nSPS) is 14.0. The van der Waals surface area contributed by atoms with E-state index in [2.05, 4.69) is 9.97 Å². The van der Waals surface area contributed by atoms with Crippen molar-refractivity contribution in [1.29, 1.82) is 0 Å². The fourth-order valence-corrected chi connectivity index (χ4v) is 3.23. The number of anilines is 1. The van der Waals surface area contributed by atoms with Crippen molar-refractivity contribution in [2.24, 2.45) is 7.05 Å². The number of nitrogens with one attached hydrogen (secondary N) is 1. The Morgan fingerprint density at radius 2 is 1.64 bits per heavy atom. The summed E-state index contributed by atoms with van der Waals surface area (Å²) in [6.45, 7) is 4.00. The van der Waals surface area contributed by atoms with Gasteiger partial charge in [-0.05, 0) is 23.6 Å². The van der Waals surface area contributed by atoms with Crippen LogP contribution in [0.4, 0.5) is 5.95 Å². The number of hydrogen-bond acceptors (Lipinski definition) is 4. The van der Waals surface area contributed by atoms with Gasteiger partial charge in [0, 0.05) is 13.2 Å². The first kappa shape index (κ1) is 15.3. The average Bonchev–Trinajstić information content (AvgIpc) is 3.04. The fourth-order valence-electron chi connectivity index (χ4n) is 3.23. The Morgan fingerprint density at radius 3 is 2.20 bits per heavy atom. The molecule has 0 saturated carbocycles. The third kappa shape index (κ3) is 2.05. The highest BCUT2D eigenvalue weighted by Gasteiger charge is 2.38. The van der Waals surface area contributed by atoms with Gasteiger partial charge in [-0.3, -0.25) is 19.4 Å². The molecule has 0 radical (unpaired) electrons. The Kier molecular flexibility index (Phi) is 3.15. The molecule has 25 heavy (non-hydrogen) atoms. The predicted molar refractivity (Wildman–Crippen MR) is 93.0 cm³/mol. The van der Waals surface area contributed by atoms with Crippen LogP contribution < -0.4 is 10.5 Å². The van der Waals surface area contributed by atoms with Crippen LogP contribution in [0, 0.1) is 0 Å². The molecule has 0 unspecified atom stereocenters. The lowest BCUT2D eigenvalue weighted by molar-refractivity contribution is 0.0924. The van der Waals surface area contributed by atoms with E-state index in [1.165, 1.54) is 0 Å². The maximum Gasteiger partial charge on any atom is 0.276 e. The first-order chi connectivity index (χ1) is 11.9. The van der Waals surface area contributed by atoms with E-state index >= 15 is 0 Å². The smallest absolute Gasteiger partial charge is 0.276 e. The standard InChI is InChI=1S/C18H16N4O3/c1-9(2)12-8-21(3)14-13(12)19-18(20-15(14)23)22-16(24)10-6-4-5-7-11(10)17(22)25/h4-9H,1-3H3,(H,19,20,23). The number of rotatable bonds is 2. The number of carbonyl (C=O) groups excluding carboxylic acids is 2. The molecule has 0 bridgehead atoms. The van der Waals surface area contributed by atoms with Gasteiger partial charge in [-0.2, -0.15) is 0 Å². The highest BCUT2D eigenvalue weighted by Crippen LogP contribution is 2.28. The number of benzene rings is 1. The Morgan fingerprint density at radius 1 is 1.04 bits per heavy atom. The molecule has 126 valence electrons. The average molecular weight is 336 g/mol. The zero-order valence-corrected chi connectivity index (χ0v) is 14.0. The summed E-state index contributed by atoms with van der Waals surface area (Å²) in [6.07, 6.45) is 1.85. The summed E-state index contributed by atoms with van der Waals surface area (Å²) < 4.78 is 1.71. The zero-order chi connectivity index (χ0) is 17.9. The largest absolute Gasteiger partial charge is 0.344 e. The van der Waals surface area contributed by atoms with E-state index in [4.69, 9.17) is 0 Å². The van der Waals surface area contributed by atoms with Gasteiger partial charge in [-0.1, -0.05) is 26.0 Å². The molecule has 3 heterocycles. The number of aryl methyl sites for hydroxylation is 1. The van der Waals surface area contributed by atoms with Gasteiger partial charge in [0.1, 0.15) is 11.0 Å². The number of H-pyrrole nitrogens is 1. The van der Waals surface area contributed by atoms with E-state index in [1.807, 2.05) is 20.0 Å². The van der Waals surface area contributed by atoms with Crippen LogP contribution in [-0.2, 0) is 7.05 Å². The van der Waals surface area contributed by atoms with Gasteiger partial charge in [-0.25, -0.2) is 9.88 Å². The zero-order valence-electron chi connectivity index (χ0n) is 14.0. The minimum atomic E-state index is -0.481.